The topological polar surface area (TPSA) is 50.4 Å². The molecule has 1 amide bonds. The number of hydrogen-bond donors (Lipinski definition) is 2. The molecule has 1 aliphatic carbocycles. The summed E-state index contributed by atoms with van der Waals surface area (Å²) >= 11 is 0. The molecule has 0 heterocycles. The summed E-state index contributed by atoms with van der Waals surface area (Å²) in [6.07, 6.45) is 4.04. The Morgan fingerprint density at radius 3 is 2.65 bits per heavy atom. The van der Waals surface area contributed by atoms with Gasteiger partial charge >= 0.3 is 0 Å². The van der Waals surface area contributed by atoms with Crippen LogP contribution in [0.3, 0.4) is 0 Å². The molecule has 1 rings (SSSR count). The molecule has 0 bridgehead atoms. The van der Waals surface area contributed by atoms with Gasteiger partial charge in [-0.05, 0) is 32.7 Å². The molecule has 17 heavy (non-hydrogen) atoms. The van der Waals surface area contributed by atoms with Crippen LogP contribution in [0.25, 0.3) is 0 Å². The summed E-state index contributed by atoms with van der Waals surface area (Å²) in [5.41, 5.74) is -0.137. The van der Waals surface area contributed by atoms with Gasteiger partial charge < -0.3 is 15.4 Å². The molecule has 1 saturated carbocycles. The number of amides is 1. The molecule has 4 heteroatoms. The van der Waals surface area contributed by atoms with Gasteiger partial charge in [-0.2, -0.15) is 0 Å². The average molecular weight is 242 g/mol. The molecule has 1 atom stereocenters. The maximum atomic E-state index is 12.2. The molecule has 1 fully saturated rings. The van der Waals surface area contributed by atoms with Crippen molar-refractivity contribution in [2.75, 3.05) is 26.8 Å². The van der Waals surface area contributed by atoms with E-state index in [1.54, 1.807) is 7.11 Å². The van der Waals surface area contributed by atoms with E-state index in [9.17, 15) is 4.79 Å². The minimum atomic E-state index is -0.137. The molecule has 0 saturated heterocycles. The highest BCUT2D eigenvalue weighted by Gasteiger charge is 2.43. The lowest BCUT2D eigenvalue weighted by atomic mass is 9.66. The predicted molar refractivity (Wildman–Crippen MR) is 68.9 cm³/mol. The van der Waals surface area contributed by atoms with Crippen LogP contribution >= 0.6 is 0 Å². The van der Waals surface area contributed by atoms with Gasteiger partial charge in [-0.1, -0.05) is 13.3 Å². The Kier molecular flexibility index (Phi) is 5.92. The molecule has 2 N–H and O–H groups in total. The zero-order valence-corrected chi connectivity index (χ0v) is 11.3. The van der Waals surface area contributed by atoms with E-state index in [0.29, 0.717) is 19.2 Å². The van der Waals surface area contributed by atoms with Crippen LogP contribution in [0.4, 0.5) is 0 Å². The van der Waals surface area contributed by atoms with Crippen molar-refractivity contribution in [3.05, 3.63) is 0 Å². The third-order valence-electron chi connectivity index (χ3n) is 3.70. The second-order valence-corrected chi connectivity index (χ2v) is 5.05. The van der Waals surface area contributed by atoms with Gasteiger partial charge in [0.2, 0.25) is 5.91 Å². The first-order valence-corrected chi connectivity index (χ1v) is 6.65. The second kappa shape index (κ2) is 6.97. The van der Waals surface area contributed by atoms with Crippen molar-refractivity contribution in [1.82, 2.24) is 10.6 Å². The van der Waals surface area contributed by atoms with Crippen LogP contribution in [0.15, 0.2) is 0 Å². The number of ether oxygens (including phenoxy) is 1. The Hall–Kier alpha value is -0.610. The molecular weight excluding hydrogens is 216 g/mol. The Morgan fingerprint density at radius 1 is 1.47 bits per heavy atom. The predicted octanol–water partition coefficient (Wildman–Crippen LogP) is 1.31. The summed E-state index contributed by atoms with van der Waals surface area (Å²) in [5.74, 6) is 0.213. The lowest BCUT2D eigenvalue weighted by Gasteiger charge is -2.40. The summed E-state index contributed by atoms with van der Waals surface area (Å²) in [6, 6.07) is 0.337. The number of carbonyl (C=O) groups excluding carboxylic acids is 1. The fraction of sp³-hybridized carbons (Fsp3) is 0.923. The maximum Gasteiger partial charge on any atom is 0.226 e. The molecule has 0 aromatic heterocycles. The van der Waals surface area contributed by atoms with Crippen LogP contribution < -0.4 is 10.6 Å². The van der Waals surface area contributed by atoms with Gasteiger partial charge in [0, 0.05) is 26.3 Å². The molecule has 4 nitrogen and oxygen atoms in total. The highest BCUT2D eigenvalue weighted by Crippen LogP contribution is 2.44. The molecule has 100 valence electrons. The number of methoxy groups -OCH3 is 1. The van der Waals surface area contributed by atoms with Crippen molar-refractivity contribution >= 4 is 5.91 Å². The molecule has 1 aliphatic rings. The summed E-state index contributed by atoms with van der Waals surface area (Å²) in [7, 11) is 1.69. The van der Waals surface area contributed by atoms with Gasteiger partial charge in [0.05, 0.1) is 5.41 Å². The van der Waals surface area contributed by atoms with Crippen LogP contribution in [0.1, 0.15) is 39.5 Å². The van der Waals surface area contributed by atoms with Gasteiger partial charge in [-0.15, -0.1) is 0 Å². The summed E-state index contributed by atoms with van der Waals surface area (Å²) in [4.78, 5) is 12.2. The first-order valence-electron chi connectivity index (χ1n) is 6.65. The first kappa shape index (κ1) is 14.5. The number of likely N-dealkylation sites (N-methyl/N-ethyl adjacent to an activating group) is 1. The molecule has 0 aromatic rings. The number of rotatable bonds is 8. The molecule has 0 aromatic carbocycles. The van der Waals surface area contributed by atoms with E-state index < -0.39 is 0 Å². The molecule has 0 aliphatic heterocycles. The standard InChI is InChI=1S/C13H26N2O2/c1-4-14-11(2)10-15-12(16)13(6-5-7-13)8-9-17-3/h11,14H,4-10H2,1-3H3,(H,15,16)/t11-/m1/s1. The van der Waals surface area contributed by atoms with Gasteiger partial charge in [-0.3, -0.25) is 4.79 Å². The molecule has 0 radical (unpaired) electrons. The van der Waals surface area contributed by atoms with Crippen molar-refractivity contribution in [3.8, 4) is 0 Å². The number of nitrogens with one attached hydrogen (secondary N) is 2. The van der Waals surface area contributed by atoms with Crippen LogP contribution in [0.5, 0.6) is 0 Å². The summed E-state index contributed by atoms with van der Waals surface area (Å²) in [6.45, 7) is 6.49. The average Bonchev–Trinajstić information content (AvgIpc) is 2.25. The molecule has 0 unspecified atom stereocenters. The Bertz CT molecular complexity index is 240. The molecule has 0 spiro atoms. The zero-order chi connectivity index (χ0) is 12.7. The summed E-state index contributed by atoms with van der Waals surface area (Å²) in [5, 5.41) is 6.35. The largest absolute Gasteiger partial charge is 0.385 e. The fourth-order valence-electron chi connectivity index (χ4n) is 2.35. The smallest absolute Gasteiger partial charge is 0.226 e. The van der Waals surface area contributed by atoms with E-state index >= 15 is 0 Å². The Balaban J connectivity index is 2.34. The maximum absolute atomic E-state index is 12.2. The van der Waals surface area contributed by atoms with E-state index in [2.05, 4.69) is 24.5 Å². The van der Waals surface area contributed by atoms with Crippen molar-refractivity contribution in [2.24, 2.45) is 5.41 Å². The van der Waals surface area contributed by atoms with E-state index in [-0.39, 0.29) is 11.3 Å². The second-order valence-electron chi connectivity index (χ2n) is 5.05. The highest BCUT2D eigenvalue weighted by atomic mass is 16.5. The van der Waals surface area contributed by atoms with E-state index in [0.717, 1.165) is 25.8 Å². The van der Waals surface area contributed by atoms with Crippen LogP contribution in [0, 0.1) is 5.41 Å². The van der Waals surface area contributed by atoms with Gasteiger partial charge in [0.15, 0.2) is 0 Å². The number of carbonyl (C=O) groups is 1. The van der Waals surface area contributed by atoms with E-state index in [1.807, 2.05) is 0 Å². The van der Waals surface area contributed by atoms with E-state index in [1.165, 1.54) is 6.42 Å². The minimum Gasteiger partial charge on any atom is -0.385 e. The lowest BCUT2D eigenvalue weighted by Crippen LogP contribution is -2.49. The van der Waals surface area contributed by atoms with Crippen LogP contribution in [-0.2, 0) is 9.53 Å². The van der Waals surface area contributed by atoms with Crippen molar-refractivity contribution < 1.29 is 9.53 Å². The summed E-state index contributed by atoms with van der Waals surface area (Å²) < 4.78 is 5.10. The van der Waals surface area contributed by atoms with Crippen molar-refractivity contribution in [1.29, 1.82) is 0 Å². The monoisotopic (exact) mass is 242 g/mol. The van der Waals surface area contributed by atoms with Crippen molar-refractivity contribution in [2.45, 2.75) is 45.6 Å². The van der Waals surface area contributed by atoms with Crippen LogP contribution in [0.2, 0.25) is 0 Å². The third-order valence-corrected chi connectivity index (χ3v) is 3.70. The Labute approximate surface area is 104 Å². The first-order chi connectivity index (χ1) is 8.14. The number of hydrogen-bond acceptors (Lipinski definition) is 3. The normalized spacial score (nSPS) is 19.5. The third kappa shape index (κ3) is 3.96. The zero-order valence-electron chi connectivity index (χ0n) is 11.3. The van der Waals surface area contributed by atoms with Gasteiger partial charge in [-0.25, -0.2) is 0 Å². The van der Waals surface area contributed by atoms with Gasteiger partial charge in [0.25, 0.3) is 0 Å². The van der Waals surface area contributed by atoms with Gasteiger partial charge in [0.1, 0.15) is 0 Å². The van der Waals surface area contributed by atoms with E-state index in [4.69, 9.17) is 4.74 Å². The minimum absolute atomic E-state index is 0.137. The Morgan fingerprint density at radius 2 is 2.18 bits per heavy atom. The SMILES string of the molecule is CCN[C@H](C)CNC(=O)C1(CCOC)CCC1. The van der Waals surface area contributed by atoms with Crippen molar-refractivity contribution in [3.63, 3.8) is 0 Å². The fourth-order valence-corrected chi connectivity index (χ4v) is 2.35. The highest BCUT2D eigenvalue weighted by molar-refractivity contribution is 5.83. The van der Waals surface area contributed by atoms with Crippen LogP contribution in [-0.4, -0.2) is 38.8 Å². The quantitative estimate of drug-likeness (QED) is 0.674. The molecular formula is C13H26N2O2. The lowest BCUT2D eigenvalue weighted by molar-refractivity contribution is -0.137.